The van der Waals surface area contributed by atoms with Gasteiger partial charge in [0.2, 0.25) is 0 Å². The average molecular weight is 360 g/mol. The molecule has 1 aromatic heterocycles. The molecule has 1 amide bonds. The zero-order valence-electron chi connectivity index (χ0n) is 13.9. The Labute approximate surface area is 153 Å². The number of nitrogens with one attached hydrogen (secondary N) is 1. The molecule has 0 saturated carbocycles. The number of amides is 1. The second-order valence-corrected chi connectivity index (χ2v) is 7.52. The zero-order chi connectivity index (χ0) is 18.4. The number of pyridine rings is 1. The van der Waals surface area contributed by atoms with E-state index < -0.39 is 15.6 Å². The molecular weight excluding hydrogens is 344 g/mol. The Bertz CT molecular complexity index is 1080. The minimum absolute atomic E-state index is 0.275. The molecule has 128 valence electrons. The molecule has 0 spiro atoms. The lowest BCUT2D eigenvalue weighted by atomic mass is 10.2. The van der Waals surface area contributed by atoms with Crippen LogP contribution in [-0.4, -0.2) is 21.0 Å². The molecule has 0 fully saturated rings. The molecule has 3 rings (SSSR count). The number of benzene rings is 2. The van der Waals surface area contributed by atoms with Crippen molar-refractivity contribution in [2.75, 3.05) is 0 Å². The van der Waals surface area contributed by atoms with Crippen LogP contribution in [-0.2, 0) is 9.71 Å². The van der Waals surface area contributed by atoms with Crippen LogP contribution in [0.3, 0.4) is 0 Å². The summed E-state index contributed by atoms with van der Waals surface area (Å²) < 4.78 is 15.2. The first-order valence-corrected chi connectivity index (χ1v) is 9.54. The van der Waals surface area contributed by atoms with E-state index in [4.69, 9.17) is 0 Å². The van der Waals surface area contributed by atoms with E-state index in [2.05, 4.69) is 27.4 Å². The van der Waals surface area contributed by atoms with E-state index in [0.29, 0.717) is 10.5 Å². The Morgan fingerprint density at radius 2 is 1.54 bits per heavy atom. The summed E-state index contributed by atoms with van der Waals surface area (Å²) in [6.07, 6.45) is 2.98. The maximum absolute atomic E-state index is 12.7. The molecule has 3 aromatic rings. The lowest BCUT2D eigenvalue weighted by molar-refractivity contribution is 0.0982. The number of hydrogen-bond donors (Lipinski definition) is 1. The van der Waals surface area contributed by atoms with Gasteiger partial charge in [-0.15, -0.1) is 0 Å². The van der Waals surface area contributed by atoms with Crippen LogP contribution in [0.1, 0.15) is 21.5 Å². The summed E-state index contributed by atoms with van der Waals surface area (Å²) in [6.45, 7) is 0. The van der Waals surface area contributed by atoms with Gasteiger partial charge in [0.15, 0.2) is 0 Å². The third-order valence-corrected chi connectivity index (χ3v) is 5.06. The van der Waals surface area contributed by atoms with Crippen molar-refractivity contribution < 1.29 is 9.00 Å². The van der Waals surface area contributed by atoms with Gasteiger partial charge in [0.1, 0.15) is 0 Å². The Morgan fingerprint density at radius 1 is 0.923 bits per heavy atom. The molecule has 1 heterocycles. The normalized spacial score (nSPS) is 12.3. The largest absolute Gasteiger partial charge is 0.275 e. The smallest absolute Gasteiger partial charge is 0.264 e. The van der Waals surface area contributed by atoms with Crippen molar-refractivity contribution in [3.8, 4) is 11.8 Å². The second-order valence-electron chi connectivity index (χ2n) is 5.50. The summed E-state index contributed by atoms with van der Waals surface area (Å²) in [4.78, 5) is 16.9. The first-order chi connectivity index (χ1) is 12.5. The van der Waals surface area contributed by atoms with Crippen LogP contribution in [0.15, 0.2) is 84.0 Å². The maximum Gasteiger partial charge on any atom is 0.264 e. The van der Waals surface area contributed by atoms with Crippen LogP contribution in [0.5, 0.6) is 0 Å². The summed E-state index contributed by atoms with van der Waals surface area (Å²) in [7, 11) is -2.94. The summed E-state index contributed by atoms with van der Waals surface area (Å²) in [6, 6.07) is 19.7. The van der Waals surface area contributed by atoms with Crippen molar-refractivity contribution in [2.24, 2.45) is 0 Å². The molecule has 1 unspecified atom stereocenters. The zero-order valence-corrected chi connectivity index (χ0v) is 14.7. The molecule has 0 aliphatic rings. The highest BCUT2D eigenvalue weighted by Crippen LogP contribution is 2.09. The minimum atomic E-state index is -2.94. The summed E-state index contributed by atoms with van der Waals surface area (Å²) >= 11 is 0. The molecule has 0 saturated heterocycles. The molecule has 0 aliphatic carbocycles. The molecule has 1 N–H and O–H groups in total. The highest BCUT2D eigenvalue weighted by molar-refractivity contribution is 7.99. The first kappa shape index (κ1) is 17.5. The van der Waals surface area contributed by atoms with Crippen molar-refractivity contribution >= 4 is 21.5 Å². The van der Waals surface area contributed by atoms with Crippen molar-refractivity contribution in [1.82, 2.24) is 9.71 Å². The van der Waals surface area contributed by atoms with E-state index >= 15 is 0 Å². The molecule has 1 atom stereocenters. The number of aromatic nitrogens is 1. The highest BCUT2D eigenvalue weighted by atomic mass is 32.2. The fourth-order valence-corrected chi connectivity index (χ4v) is 3.34. The fraction of sp³-hybridized carbons (Fsp3) is 0. The van der Waals surface area contributed by atoms with Crippen molar-refractivity contribution in [2.45, 2.75) is 4.90 Å². The summed E-state index contributed by atoms with van der Waals surface area (Å²) in [5.74, 6) is 9.12. The van der Waals surface area contributed by atoms with E-state index in [0.717, 1.165) is 5.56 Å². The topological polar surface area (TPSA) is 59.1 Å². The van der Waals surface area contributed by atoms with E-state index in [1.165, 1.54) is 6.20 Å². The monoisotopic (exact) mass is 360 g/mol. The number of carbonyl (C=O) groups excluding carboxylic acids is 1. The van der Waals surface area contributed by atoms with Crippen LogP contribution < -0.4 is 4.72 Å². The van der Waals surface area contributed by atoms with Crippen molar-refractivity contribution in [3.63, 3.8) is 0 Å². The van der Waals surface area contributed by atoms with Gasteiger partial charge >= 0.3 is 0 Å². The van der Waals surface area contributed by atoms with Gasteiger partial charge in [-0.05, 0) is 36.2 Å². The van der Waals surface area contributed by atoms with Gasteiger partial charge in [-0.3, -0.25) is 14.5 Å². The van der Waals surface area contributed by atoms with Gasteiger partial charge in [0, 0.05) is 28.4 Å². The summed E-state index contributed by atoms with van der Waals surface area (Å²) in [5, 5.41) is 0. The Morgan fingerprint density at radius 3 is 2.23 bits per heavy atom. The first-order valence-electron chi connectivity index (χ1n) is 7.81. The van der Waals surface area contributed by atoms with E-state index in [9.17, 15) is 9.00 Å². The van der Waals surface area contributed by atoms with Crippen LogP contribution in [0, 0.1) is 11.8 Å². The third kappa shape index (κ3) is 4.38. The van der Waals surface area contributed by atoms with E-state index in [1.807, 2.05) is 30.3 Å². The predicted octanol–water partition coefficient (Wildman–Crippen LogP) is 2.90. The molecule has 4 nitrogen and oxygen atoms in total. The number of nitrogens with zero attached hydrogens (tertiary/aromatic N) is 1. The van der Waals surface area contributed by atoms with Gasteiger partial charge < -0.3 is 0 Å². The second kappa shape index (κ2) is 7.68. The van der Waals surface area contributed by atoms with E-state index in [1.54, 1.807) is 42.6 Å². The van der Waals surface area contributed by atoms with Crippen LogP contribution in [0.2, 0.25) is 0 Å². The van der Waals surface area contributed by atoms with Crippen molar-refractivity contribution in [1.29, 1.82) is 0 Å². The van der Waals surface area contributed by atoms with Crippen LogP contribution in [0.4, 0.5) is 0 Å². The Hall–Kier alpha value is -3.36. The lowest BCUT2D eigenvalue weighted by Crippen LogP contribution is -2.30. The van der Waals surface area contributed by atoms with Crippen LogP contribution in [0.25, 0.3) is 0 Å². The summed E-state index contributed by atoms with van der Waals surface area (Å²) in [5.41, 5.74) is 1.74. The van der Waals surface area contributed by atoms with Crippen LogP contribution >= 0.6 is 0 Å². The SMILES string of the molecule is C=S(=O)(NC(=O)c1cncc(C#Cc2ccccc2)c1)c1ccccc1. The van der Waals surface area contributed by atoms with Gasteiger partial charge in [-0.25, -0.2) is 4.21 Å². The number of carbonyl (C=O) groups is 1. The molecule has 0 radical (unpaired) electrons. The quantitative estimate of drug-likeness (QED) is 0.577. The average Bonchev–Trinajstić information content (AvgIpc) is 2.68. The molecule has 26 heavy (non-hydrogen) atoms. The Balaban J connectivity index is 1.80. The third-order valence-electron chi connectivity index (χ3n) is 3.51. The predicted molar refractivity (Wildman–Crippen MR) is 104 cm³/mol. The Kier molecular flexibility index (Phi) is 5.16. The number of hydrogen-bond acceptors (Lipinski definition) is 3. The highest BCUT2D eigenvalue weighted by Gasteiger charge is 2.13. The number of rotatable bonds is 3. The molecular formula is C21H16N2O2S. The maximum atomic E-state index is 12.7. The minimum Gasteiger partial charge on any atom is -0.275 e. The molecule has 2 aromatic carbocycles. The lowest BCUT2D eigenvalue weighted by Gasteiger charge is -2.11. The fourth-order valence-electron chi connectivity index (χ4n) is 2.21. The standard InChI is InChI=1S/C21H16N2O2S/c1-26(25,20-10-6-3-7-11-20)23-21(24)19-14-18(15-22-16-19)13-12-17-8-4-2-5-9-17/h2-11,14-16H,1H2,(H,23,24,25). The molecule has 0 aliphatic heterocycles. The van der Waals surface area contributed by atoms with Gasteiger partial charge in [-0.2, -0.15) is 0 Å². The van der Waals surface area contributed by atoms with E-state index in [-0.39, 0.29) is 5.56 Å². The van der Waals surface area contributed by atoms with Gasteiger partial charge in [-0.1, -0.05) is 48.2 Å². The van der Waals surface area contributed by atoms with Gasteiger partial charge in [0.25, 0.3) is 5.91 Å². The molecule has 5 heteroatoms. The van der Waals surface area contributed by atoms with Crippen molar-refractivity contribution in [3.05, 3.63) is 95.8 Å². The van der Waals surface area contributed by atoms with Gasteiger partial charge in [0.05, 0.1) is 15.3 Å². The molecule has 0 bridgehead atoms.